The van der Waals surface area contributed by atoms with Crippen molar-refractivity contribution in [2.24, 2.45) is 0 Å². The van der Waals surface area contributed by atoms with Gasteiger partial charge in [-0.25, -0.2) is 0 Å². The van der Waals surface area contributed by atoms with Crippen LogP contribution in [-0.4, -0.2) is 65.5 Å². The van der Waals surface area contributed by atoms with Crippen molar-refractivity contribution in [3.8, 4) is 0 Å². The molecule has 0 radical (unpaired) electrons. The molecular formula is C21H27N3O3. The van der Waals surface area contributed by atoms with Gasteiger partial charge in [-0.15, -0.1) is 0 Å². The number of carbonyl (C=O) groups excluding carboxylic acids is 2. The maximum atomic E-state index is 13.4. The van der Waals surface area contributed by atoms with Crippen molar-refractivity contribution in [1.82, 2.24) is 14.8 Å². The zero-order valence-electron chi connectivity index (χ0n) is 15.7. The second kappa shape index (κ2) is 8.13. The first-order valence-corrected chi connectivity index (χ1v) is 9.96. The fourth-order valence-corrected chi connectivity index (χ4v) is 4.25. The topological polar surface area (TPSA) is 65.6 Å². The highest BCUT2D eigenvalue weighted by Gasteiger charge is 2.28. The first kappa shape index (κ1) is 18.0. The number of aromatic nitrogens is 1. The molecule has 1 aromatic heterocycles. The van der Waals surface area contributed by atoms with Crippen LogP contribution in [0, 0.1) is 0 Å². The summed E-state index contributed by atoms with van der Waals surface area (Å²) < 4.78 is 5.50. The quantitative estimate of drug-likeness (QED) is 0.851. The second-order valence-electron chi connectivity index (χ2n) is 7.42. The first-order valence-electron chi connectivity index (χ1n) is 9.96. The molecule has 1 N–H and O–H groups in total. The summed E-state index contributed by atoms with van der Waals surface area (Å²) in [4.78, 5) is 32.4. The first-order chi connectivity index (χ1) is 13.2. The molecule has 2 fully saturated rings. The number of nitrogens with zero attached hydrogens (tertiary/aromatic N) is 2. The van der Waals surface area contributed by atoms with Gasteiger partial charge in [0.25, 0.3) is 5.91 Å². The van der Waals surface area contributed by atoms with E-state index in [0.29, 0.717) is 26.2 Å². The lowest BCUT2D eigenvalue weighted by Crippen LogP contribution is -2.44. The molecule has 3 heterocycles. The Morgan fingerprint density at radius 2 is 2.11 bits per heavy atom. The van der Waals surface area contributed by atoms with Crippen molar-refractivity contribution >= 4 is 22.7 Å². The minimum atomic E-state index is 0.0832. The van der Waals surface area contributed by atoms with Crippen LogP contribution in [0.3, 0.4) is 0 Å². The van der Waals surface area contributed by atoms with Gasteiger partial charge in [0.15, 0.2) is 0 Å². The van der Waals surface area contributed by atoms with Gasteiger partial charge in [0.05, 0.1) is 0 Å². The summed E-state index contributed by atoms with van der Waals surface area (Å²) in [5.41, 5.74) is 1.73. The van der Waals surface area contributed by atoms with Crippen LogP contribution in [0.1, 0.15) is 42.5 Å². The van der Waals surface area contributed by atoms with E-state index >= 15 is 0 Å². The van der Waals surface area contributed by atoms with Crippen molar-refractivity contribution in [2.75, 3.05) is 32.8 Å². The van der Waals surface area contributed by atoms with Crippen LogP contribution in [0.2, 0.25) is 0 Å². The smallest absolute Gasteiger partial charge is 0.254 e. The molecule has 4 rings (SSSR count). The number of carbonyl (C=O) groups is 2. The Balaban J connectivity index is 1.50. The van der Waals surface area contributed by atoms with E-state index in [1.807, 2.05) is 40.3 Å². The molecule has 0 spiro atoms. The number of nitrogens with one attached hydrogen (secondary N) is 1. The molecule has 2 aromatic rings. The average Bonchev–Trinajstić information content (AvgIpc) is 3.34. The Hall–Kier alpha value is -2.34. The molecular weight excluding hydrogens is 342 g/mol. The largest absolute Gasteiger partial charge is 0.381 e. The maximum absolute atomic E-state index is 13.4. The fraction of sp³-hybridized carbons (Fsp3) is 0.524. The molecule has 144 valence electrons. The number of H-pyrrole nitrogens is 1. The molecule has 2 aliphatic rings. The maximum Gasteiger partial charge on any atom is 0.254 e. The highest BCUT2D eigenvalue weighted by Crippen LogP contribution is 2.23. The van der Waals surface area contributed by atoms with Crippen LogP contribution >= 0.6 is 0 Å². The molecule has 0 aliphatic carbocycles. The summed E-state index contributed by atoms with van der Waals surface area (Å²) in [5, 5.41) is 0.967. The van der Waals surface area contributed by atoms with Crippen molar-refractivity contribution in [3.05, 3.63) is 36.0 Å². The standard InChI is InChI=1S/C21H27N3O3/c25-20-6-2-11-23(20)12-3-13-24(16-8-14-27-15-9-16)21(26)18-4-1-5-19-17(18)7-10-22-19/h1,4-5,7,10,16,22H,2-3,6,8-9,11-15H2. The molecule has 1 aromatic carbocycles. The third-order valence-corrected chi connectivity index (χ3v) is 5.72. The van der Waals surface area contributed by atoms with Crippen LogP contribution in [0.5, 0.6) is 0 Å². The van der Waals surface area contributed by atoms with E-state index in [9.17, 15) is 9.59 Å². The van der Waals surface area contributed by atoms with Crippen molar-refractivity contribution in [3.63, 3.8) is 0 Å². The number of aromatic amines is 1. The molecule has 0 bridgehead atoms. The van der Waals surface area contributed by atoms with Gasteiger partial charge in [0.1, 0.15) is 0 Å². The van der Waals surface area contributed by atoms with Gasteiger partial charge in [0, 0.05) is 68.0 Å². The molecule has 27 heavy (non-hydrogen) atoms. The molecule has 2 saturated heterocycles. The molecule has 6 nitrogen and oxygen atoms in total. The van der Waals surface area contributed by atoms with Gasteiger partial charge in [0.2, 0.25) is 5.91 Å². The molecule has 0 atom stereocenters. The van der Waals surface area contributed by atoms with Crippen molar-refractivity contribution in [1.29, 1.82) is 0 Å². The monoisotopic (exact) mass is 369 g/mol. The van der Waals surface area contributed by atoms with Crippen molar-refractivity contribution < 1.29 is 14.3 Å². The third-order valence-electron chi connectivity index (χ3n) is 5.72. The van der Waals surface area contributed by atoms with Gasteiger partial charge < -0.3 is 19.5 Å². The Bertz CT molecular complexity index is 810. The number of rotatable bonds is 6. The lowest BCUT2D eigenvalue weighted by Gasteiger charge is -2.35. The highest BCUT2D eigenvalue weighted by molar-refractivity contribution is 6.06. The Morgan fingerprint density at radius 3 is 2.89 bits per heavy atom. The number of ether oxygens (including phenoxy) is 1. The fourth-order valence-electron chi connectivity index (χ4n) is 4.25. The van der Waals surface area contributed by atoms with Gasteiger partial charge >= 0.3 is 0 Å². The van der Waals surface area contributed by atoms with Crippen LogP contribution in [0.15, 0.2) is 30.5 Å². The van der Waals surface area contributed by atoms with E-state index < -0.39 is 0 Å². The van der Waals surface area contributed by atoms with Crippen LogP contribution in [0.4, 0.5) is 0 Å². The van der Waals surface area contributed by atoms with Crippen LogP contribution in [0.25, 0.3) is 10.9 Å². The zero-order chi connectivity index (χ0) is 18.6. The van der Waals surface area contributed by atoms with E-state index in [1.54, 1.807) is 0 Å². The number of hydrogen-bond donors (Lipinski definition) is 1. The summed E-state index contributed by atoms with van der Waals surface area (Å²) in [6.07, 6.45) is 6.06. The number of hydrogen-bond acceptors (Lipinski definition) is 3. The summed E-state index contributed by atoms with van der Waals surface area (Å²) in [5.74, 6) is 0.330. The van der Waals surface area contributed by atoms with E-state index in [-0.39, 0.29) is 17.9 Å². The Kier molecular flexibility index (Phi) is 5.43. The Labute approximate surface area is 159 Å². The number of likely N-dealkylation sites (tertiary alicyclic amines) is 1. The van der Waals surface area contributed by atoms with E-state index in [1.165, 1.54) is 0 Å². The average molecular weight is 369 g/mol. The van der Waals surface area contributed by atoms with E-state index in [2.05, 4.69) is 4.98 Å². The molecule has 0 unspecified atom stereocenters. The summed E-state index contributed by atoms with van der Waals surface area (Å²) >= 11 is 0. The minimum absolute atomic E-state index is 0.0832. The summed E-state index contributed by atoms with van der Waals surface area (Å²) in [7, 11) is 0. The molecule has 0 saturated carbocycles. The number of benzene rings is 1. The van der Waals surface area contributed by atoms with Crippen LogP contribution in [-0.2, 0) is 9.53 Å². The van der Waals surface area contributed by atoms with Gasteiger partial charge in [-0.05, 0) is 43.9 Å². The second-order valence-corrected chi connectivity index (χ2v) is 7.42. The van der Waals surface area contributed by atoms with Crippen LogP contribution < -0.4 is 0 Å². The normalized spacial score (nSPS) is 18.4. The summed E-state index contributed by atoms with van der Waals surface area (Å²) in [6.45, 7) is 3.67. The van der Waals surface area contributed by atoms with Gasteiger partial charge in [-0.3, -0.25) is 9.59 Å². The molecule has 6 heteroatoms. The van der Waals surface area contributed by atoms with Gasteiger partial charge in [-0.1, -0.05) is 6.07 Å². The molecule has 2 aliphatic heterocycles. The Morgan fingerprint density at radius 1 is 1.26 bits per heavy atom. The number of amides is 2. The predicted molar refractivity (Wildman–Crippen MR) is 104 cm³/mol. The lowest BCUT2D eigenvalue weighted by atomic mass is 10.0. The SMILES string of the molecule is O=C1CCCN1CCCN(C(=O)c1cccc2[nH]ccc12)C1CCOCC1. The number of fused-ring (bicyclic) bond motifs is 1. The van der Waals surface area contributed by atoms with E-state index in [4.69, 9.17) is 4.74 Å². The van der Waals surface area contributed by atoms with Crippen molar-refractivity contribution in [2.45, 2.75) is 38.1 Å². The lowest BCUT2D eigenvalue weighted by molar-refractivity contribution is -0.127. The molecule has 2 amide bonds. The predicted octanol–water partition coefficient (Wildman–Crippen LogP) is 2.80. The minimum Gasteiger partial charge on any atom is -0.381 e. The van der Waals surface area contributed by atoms with Gasteiger partial charge in [-0.2, -0.15) is 0 Å². The highest BCUT2D eigenvalue weighted by atomic mass is 16.5. The third kappa shape index (κ3) is 3.86. The van der Waals surface area contributed by atoms with E-state index in [0.717, 1.165) is 55.2 Å². The zero-order valence-corrected chi connectivity index (χ0v) is 15.7. The summed E-state index contributed by atoms with van der Waals surface area (Å²) in [6, 6.07) is 8.00.